The average Bonchev–Trinajstić information content (AvgIpc) is 2.45. The minimum absolute atomic E-state index is 0.136. The van der Waals surface area contributed by atoms with E-state index in [1.54, 1.807) is 0 Å². The molecular weight excluding hydrogens is 190 g/mol. The molecule has 1 aliphatic carbocycles. The van der Waals surface area contributed by atoms with E-state index in [1.165, 1.54) is 12.8 Å². The van der Waals surface area contributed by atoms with Crippen molar-refractivity contribution in [3.8, 4) is 0 Å². The van der Waals surface area contributed by atoms with Gasteiger partial charge in [0.1, 0.15) is 0 Å². The van der Waals surface area contributed by atoms with E-state index in [1.807, 2.05) is 6.92 Å². The van der Waals surface area contributed by atoms with Gasteiger partial charge in [-0.2, -0.15) is 0 Å². The van der Waals surface area contributed by atoms with Gasteiger partial charge in [0.15, 0.2) is 0 Å². The second-order valence-corrected chi connectivity index (χ2v) is 4.81. The molecule has 3 nitrogen and oxygen atoms in total. The molecule has 1 aliphatic rings. The first-order valence-electron chi connectivity index (χ1n) is 6.27. The van der Waals surface area contributed by atoms with Crippen LogP contribution in [0.5, 0.6) is 0 Å². The van der Waals surface area contributed by atoms with E-state index in [9.17, 15) is 5.11 Å². The molecule has 1 saturated carbocycles. The molecule has 1 fully saturated rings. The fourth-order valence-electron chi connectivity index (χ4n) is 2.24. The van der Waals surface area contributed by atoms with Gasteiger partial charge in [-0.15, -0.1) is 0 Å². The van der Waals surface area contributed by atoms with E-state index in [-0.39, 0.29) is 12.6 Å². The van der Waals surface area contributed by atoms with Crippen LogP contribution in [0.3, 0.4) is 0 Å². The molecule has 0 spiro atoms. The summed E-state index contributed by atoms with van der Waals surface area (Å²) >= 11 is 0. The van der Waals surface area contributed by atoms with Crippen LogP contribution in [-0.2, 0) is 0 Å². The lowest BCUT2D eigenvalue weighted by molar-refractivity contribution is 0.0206. The Bertz CT molecular complexity index is 161. The SMILES string of the molecule is CCC(CO)NCC1(O)CCCCCC1. The minimum atomic E-state index is -0.529. The zero-order chi connectivity index (χ0) is 11.1. The molecule has 1 unspecified atom stereocenters. The lowest BCUT2D eigenvalue weighted by atomic mass is 9.94. The quantitative estimate of drug-likeness (QED) is 0.608. The van der Waals surface area contributed by atoms with E-state index in [0.29, 0.717) is 6.54 Å². The molecule has 3 heteroatoms. The molecule has 0 amide bonds. The Morgan fingerprint density at radius 1 is 1.20 bits per heavy atom. The standard InChI is InChI=1S/C12H25NO2/c1-2-11(9-14)13-10-12(15)7-5-3-4-6-8-12/h11,13-15H,2-10H2,1H3. The number of hydrogen-bond acceptors (Lipinski definition) is 3. The maximum atomic E-state index is 10.3. The Labute approximate surface area is 92.9 Å². The van der Waals surface area contributed by atoms with E-state index < -0.39 is 5.60 Å². The summed E-state index contributed by atoms with van der Waals surface area (Å²) < 4.78 is 0. The highest BCUT2D eigenvalue weighted by molar-refractivity contribution is 4.84. The summed E-state index contributed by atoms with van der Waals surface area (Å²) in [6.07, 6.45) is 7.48. The number of hydrogen-bond donors (Lipinski definition) is 3. The topological polar surface area (TPSA) is 52.5 Å². The van der Waals surface area contributed by atoms with Gasteiger partial charge in [0.2, 0.25) is 0 Å². The van der Waals surface area contributed by atoms with Crippen molar-refractivity contribution in [2.45, 2.75) is 63.5 Å². The van der Waals surface area contributed by atoms with Crippen LogP contribution in [0, 0.1) is 0 Å². The van der Waals surface area contributed by atoms with Crippen LogP contribution in [0.1, 0.15) is 51.9 Å². The molecule has 0 aromatic carbocycles. The van der Waals surface area contributed by atoms with Crippen LogP contribution in [-0.4, -0.2) is 35.0 Å². The van der Waals surface area contributed by atoms with Crippen LogP contribution < -0.4 is 5.32 Å². The molecule has 1 atom stereocenters. The maximum Gasteiger partial charge on any atom is 0.0771 e. The monoisotopic (exact) mass is 215 g/mol. The largest absolute Gasteiger partial charge is 0.395 e. The van der Waals surface area contributed by atoms with E-state index in [2.05, 4.69) is 5.32 Å². The summed E-state index contributed by atoms with van der Waals surface area (Å²) in [5, 5.41) is 22.7. The summed E-state index contributed by atoms with van der Waals surface area (Å²) in [4.78, 5) is 0. The molecule has 0 radical (unpaired) electrons. The fraction of sp³-hybridized carbons (Fsp3) is 1.00. The zero-order valence-corrected chi connectivity index (χ0v) is 9.84. The van der Waals surface area contributed by atoms with Crippen molar-refractivity contribution in [1.29, 1.82) is 0 Å². The van der Waals surface area contributed by atoms with Crippen molar-refractivity contribution in [3.05, 3.63) is 0 Å². The molecular formula is C12H25NO2. The molecule has 90 valence electrons. The predicted molar refractivity (Wildman–Crippen MR) is 61.8 cm³/mol. The van der Waals surface area contributed by atoms with E-state index in [4.69, 9.17) is 5.11 Å². The van der Waals surface area contributed by atoms with Crippen molar-refractivity contribution < 1.29 is 10.2 Å². The summed E-state index contributed by atoms with van der Waals surface area (Å²) in [6, 6.07) is 0.136. The Morgan fingerprint density at radius 3 is 2.27 bits per heavy atom. The van der Waals surface area contributed by atoms with Crippen LogP contribution >= 0.6 is 0 Å². The maximum absolute atomic E-state index is 10.3. The summed E-state index contributed by atoms with van der Waals surface area (Å²) in [5.41, 5.74) is -0.529. The van der Waals surface area contributed by atoms with Gasteiger partial charge in [-0.3, -0.25) is 0 Å². The van der Waals surface area contributed by atoms with Gasteiger partial charge in [-0.25, -0.2) is 0 Å². The van der Waals surface area contributed by atoms with Crippen molar-refractivity contribution in [1.82, 2.24) is 5.32 Å². The first kappa shape index (κ1) is 12.9. The van der Waals surface area contributed by atoms with Crippen molar-refractivity contribution in [2.75, 3.05) is 13.2 Å². The average molecular weight is 215 g/mol. The number of aliphatic hydroxyl groups excluding tert-OH is 1. The normalized spacial score (nSPS) is 23.4. The van der Waals surface area contributed by atoms with Gasteiger partial charge in [0.25, 0.3) is 0 Å². The molecule has 0 aromatic heterocycles. The molecule has 0 saturated heterocycles. The first-order chi connectivity index (χ1) is 7.20. The lowest BCUT2D eigenvalue weighted by Gasteiger charge is -2.29. The minimum Gasteiger partial charge on any atom is -0.395 e. The first-order valence-corrected chi connectivity index (χ1v) is 6.27. The Morgan fingerprint density at radius 2 is 1.80 bits per heavy atom. The molecule has 1 rings (SSSR count). The van der Waals surface area contributed by atoms with Gasteiger partial charge in [-0.05, 0) is 19.3 Å². The highest BCUT2D eigenvalue weighted by Crippen LogP contribution is 2.26. The Balaban J connectivity index is 2.33. The second kappa shape index (κ2) is 6.46. The summed E-state index contributed by atoms with van der Waals surface area (Å²) in [5.74, 6) is 0. The van der Waals surface area contributed by atoms with Gasteiger partial charge >= 0.3 is 0 Å². The van der Waals surface area contributed by atoms with Gasteiger partial charge in [0.05, 0.1) is 12.2 Å². The van der Waals surface area contributed by atoms with Crippen LogP contribution in [0.25, 0.3) is 0 Å². The summed E-state index contributed by atoms with van der Waals surface area (Å²) in [6.45, 7) is 2.84. The number of aliphatic hydroxyl groups is 2. The zero-order valence-electron chi connectivity index (χ0n) is 9.84. The van der Waals surface area contributed by atoms with Crippen molar-refractivity contribution in [3.63, 3.8) is 0 Å². The smallest absolute Gasteiger partial charge is 0.0771 e. The molecule has 15 heavy (non-hydrogen) atoms. The fourth-order valence-corrected chi connectivity index (χ4v) is 2.24. The highest BCUT2D eigenvalue weighted by atomic mass is 16.3. The molecule has 0 bridgehead atoms. The van der Waals surface area contributed by atoms with E-state index >= 15 is 0 Å². The van der Waals surface area contributed by atoms with Gasteiger partial charge < -0.3 is 15.5 Å². The van der Waals surface area contributed by atoms with Crippen LogP contribution in [0.4, 0.5) is 0 Å². The Hall–Kier alpha value is -0.120. The predicted octanol–water partition coefficient (Wildman–Crippen LogP) is 1.43. The number of rotatable bonds is 5. The third-order valence-corrected chi connectivity index (χ3v) is 3.47. The van der Waals surface area contributed by atoms with E-state index in [0.717, 1.165) is 32.1 Å². The lowest BCUT2D eigenvalue weighted by Crippen LogP contribution is -2.45. The van der Waals surface area contributed by atoms with Crippen LogP contribution in [0.2, 0.25) is 0 Å². The second-order valence-electron chi connectivity index (χ2n) is 4.81. The van der Waals surface area contributed by atoms with Gasteiger partial charge in [-0.1, -0.05) is 32.6 Å². The third-order valence-electron chi connectivity index (χ3n) is 3.47. The molecule has 0 aromatic rings. The number of nitrogens with one attached hydrogen (secondary N) is 1. The van der Waals surface area contributed by atoms with Crippen LogP contribution in [0.15, 0.2) is 0 Å². The third kappa shape index (κ3) is 4.49. The summed E-state index contributed by atoms with van der Waals surface area (Å²) in [7, 11) is 0. The molecule has 0 aliphatic heterocycles. The molecule has 0 heterocycles. The molecule has 3 N–H and O–H groups in total. The Kier molecular flexibility index (Phi) is 5.58. The highest BCUT2D eigenvalue weighted by Gasteiger charge is 2.28. The van der Waals surface area contributed by atoms with Gasteiger partial charge in [0, 0.05) is 12.6 Å². The van der Waals surface area contributed by atoms with Crippen molar-refractivity contribution in [2.24, 2.45) is 0 Å². The van der Waals surface area contributed by atoms with Crippen molar-refractivity contribution >= 4 is 0 Å².